The molecule has 0 aliphatic rings. The van der Waals surface area contributed by atoms with Crippen LogP contribution in [0.2, 0.25) is 0 Å². The SMILES string of the molecule is CC.Nc1ccc(-n2cncn2)cc1. The minimum absolute atomic E-state index is 0.749. The van der Waals surface area contributed by atoms with Gasteiger partial charge in [-0.25, -0.2) is 9.67 Å². The van der Waals surface area contributed by atoms with Crippen LogP contribution in [-0.2, 0) is 0 Å². The lowest BCUT2D eigenvalue weighted by atomic mass is 10.3. The number of benzene rings is 1. The number of nitrogens with two attached hydrogens (primary N) is 1. The zero-order valence-corrected chi connectivity index (χ0v) is 8.38. The summed E-state index contributed by atoms with van der Waals surface area (Å²) in [6.45, 7) is 4.00. The third-order valence-electron chi connectivity index (χ3n) is 1.58. The van der Waals surface area contributed by atoms with Crippen molar-refractivity contribution in [3.05, 3.63) is 36.9 Å². The predicted molar refractivity (Wildman–Crippen MR) is 57.1 cm³/mol. The first-order chi connectivity index (χ1) is 6.86. The highest BCUT2D eigenvalue weighted by molar-refractivity contribution is 5.44. The molecule has 0 atom stereocenters. The maximum atomic E-state index is 5.53. The van der Waals surface area contributed by atoms with Crippen molar-refractivity contribution >= 4 is 5.69 Å². The molecular weight excluding hydrogens is 176 g/mol. The second kappa shape index (κ2) is 5.01. The lowest BCUT2D eigenvalue weighted by Gasteiger charge is -1.99. The minimum Gasteiger partial charge on any atom is -0.399 e. The normalized spacial score (nSPS) is 9.00. The van der Waals surface area contributed by atoms with Gasteiger partial charge in [0.15, 0.2) is 0 Å². The fourth-order valence-electron chi connectivity index (χ4n) is 0.969. The van der Waals surface area contributed by atoms with Crippen LogP contribution in [0.25, 0.3) is 5.69 Å². The Morgan fingerprint density at radius 2 is 1.79 bits per heavy atom. The van der Waals surface area contributed by atoms with Crippen LogP contribution in [0.15, 0.2) is 36.9 Å². The molecule has 1 aromatic carbocycles. The van der Waals surface area contributed by atoms with Gasteiger partial charge < -0.3 is 5.73 Å². The summed E-state index contributed by atoms with van der Waals surface area (Å²) in [4.78, 5) is 3.84. The Morgan fingerprint density at radius 1 is 1.14 bits per heavy atom. The van der Waals surface area contributed by atoms with Crippen LogP contribution < -0.4 is 5.73 Å². The molecule has 74 valence electrons. The summed E-state index contributed by atoms with van der Waals surface area (Å²) in [6, 6.07) is 7.45. The Balaban J connectivity index is 0.000000461. The van der Waals surface area contributed by atoms with Gasteiger partial charge in [-0.3, -0.25) is 0 Å². The van der Waals surface area contributed by atoms with Gasteiger partial charge in [-0.2, -0.15) is 5.10 Å². The molecule has 1 heterocycles. The van der Waals surface area contributed by atoms with Gasteiger partial charge in [0.2, 0.25) is 0 Å². The Morgan fingerprint density at radius 3 is 2.29 bits per heavy atom. The summed E-state index contributed by atoms with van der Waals surface area (Å²) in [5.74, 6) is 0. The van der Waals surface area contributed by atoms with E-state index in [-0.39, 0.29) is 0 Å². The molecule has 2 N–H and O–H groups in total. The first-order valence-electron chi connectivity index (χ1n) is 4.57. The Kier molecular flexibility index (Phi) is 3.67. The van der Waals surface area contributed by atoms with Crippen LogP contribution in [0.1, 0.15) is 13.8 Å². The average Bonchev–Trinajstić information content (AvgIpc) is 2.75. The van der Waals surface area contributed by atoms with Gasteiger partial charge >= 0.3 is 0 Å². The summed E-state index contributed by atoms with van der Waals surface area (Å²) in [6.07, 6.45) is 3.14. The van der Waals surface area contributed by atoms with Crippen LogP contribution in [0, 0.1) is 0 Å². The van der Waals surface area contributed by atoms with Crippen molar-refractivity contribution in [3.8, 4) is 5.69 Å². The first kappa shape index (κ1) is 10.2. The van der Waals surface area contributed by atoms with Crippen molar-refractivity contribution in [2.75, 3.05) is 5.73 Å². The number of hydrogen-bond donors (Lipinski definition) is 1. The molecule has 0 spiro atoms. The molecule has 4 nitrogen and oxygen atoms in total. The molecule has 0 radical (unpaired) electrons. The molecule has 0 unspecified atom stereocenters. The van der Waals surface area contributed by atoms with E-state index in [1.807, 2.05) is 38.1 Å². The summed E-state index contributed by atoms with van der Waals surface area (Å²) >= 11 is 0. The second-order valence-corrected chi connectivity index (χ2v) is 2.43. The van der Waals surface area contributed by atoms with Gasteiger partial charge in [-0.05, 0) is 24.3 Å². The number of rotatable bonds is 1. The van der Waals surface area contributed by atoms with E-state index in [9.17, 15) is 0 Å². The molecular formula is C10H14N4. The van der Waals surface area contributed by atoms with E-state index in [4.69, 9.17) is 5.73 Å². The number of aromatic nitrogens is 3. The molecule has 4 heteroatoms. The highest BCUT2D eigenvalue weighted by atomic mass is 15.3. The van der Waals surface area contributed by atoms with Gasteiger partial charge in [-0.1, -0.05) is 13.8 Å². The van der Waals surface area contributed by atoms with E-state index >= 15 is 0 Å². The fourth-order valence-corrected chi connectivity index (χ4v) is 0.969. The maximum absolute atomic E-state index is 5.53. The summed E-state index contributed by atoms with van der Waals surface area (Å²) < 4.78 is 1.68. The summed E-state index contributed by atoms with van der Waals surface area (Å²) in [5, 5.41) is 3.98. The number of nitrogen functional groups attached to an aromatic ring is 1. The number of hydrogen-bond acceptors (Lipinski definition) is 3. The molecule has 0 saturated carbocycles. The Hall–Kier alpha value is -1.84. The van der Waals surface area contributed by atoms with E-state index in [1.54, 1.807) is 11.0 Å². The molecule has 0 amide bonds. The monoisotopic (exact) mass is 190 g/mol. The average molecular weight is 190 g/mol. The lowest BCUT2D eigenvalue weighted by Crippen LogP contribution is -1.94. The maximum Gasteiger partial charge on any atom is 0.138 e. The van der Waals surface area contributed by atoms with Crippen molar-refractivity contribution < 1.29 is 0 Å². The third kappa shape index (κ3) is 2.32. The smallest absolute Gasteiger partial charge is 0.138 e. The van der Waals surface area contributed by atoms with Gasteiger partial charge in [0, 0.05) is 5.69 Å². The fraction of sp³-hybridized carbons (Fsp3) is 0.200. The van der Waals surface area contributed by atoms with E-state index in [1.165, 1.54) is 6.33 Å². The second-order valence-electron chi connectivity index (χ2n) is 2.43. The summed E-state index contributed by atoms with van der Waals surface area (Å²) in [5.41, 5.74) is 7.24. The van der Waals surface area contributed by atoms with Crippen molar-refractivity contribution in [3.63, 3.8) is 0 Å². The van der Waals surface area contributed by atoms with Crippen LogP contribution in [0.5, 0.6) is 0 Å². The van der Waals surface area contributed by atoms with Crippen molar-refractivity contribution in [1.82, 2.24) is 14.8 Å². The quantitative estimate of drug-likeness (QED) is 0.698. The molecule has 0 saturated heterocycles. The van der Waals surface area contributed by atoms with Crippen LogP contribution in [-0.4, -0.2) is 14.8 Å². The van der Waals surface area contributed by atoms with Gasteiger partial charge in [-0.15, -0.1) is 0 Å². The first-order valence-corrected chi connectivity index (χ1v) is 4.57. The molecule has 0 aliphatic heterocycles. The predicted octanol–water partition coefficient (Wildman–Crippen LogP) is 1.88. The van der Waals surface area contributed by atoms with Gasteiger partial charge in [0.1, 0.15) is 12.7 Å². The Bertz CT molecular complexity index is 350. The third-order valence-corrected chi connectivity index (χ3v) is 1.58. The number of anilines is 1. The van der Waals surface area contributed by atoms with Crippen LogP contribution in [0.4, 0.5) is 5.69 Å². The summed E-state index contributed by atoms with van der Waals surface area (Å²) in [7, 11) is 0. The van der Waals surface area contributed by atoms with Gasteiger partial charge in [0.05, 0.1) is 5.69 Å². The lowest BCUT2D eigenvalue weighted by molar-refractivity contribution is 0.879. The van der Waals surface area contributed by atoms with Crippen molar-refractivity contribution in [2.24, 2.45) is 0 Å². The van der Waals surface area contributed by atoms with E-state index in [0.717, 1.165) is 11.4 Å². The van der Waals surface area contributed by atoms with E-state index in [2.05, 4.69) is 10.1 Å². The van der Waals surface area contributed by atoms with Crippen molar-refractivity contribution in [2.45, 2.75) is 13.8 Å². The topological polar surface area (TPSA) is 56.7 Å². The van der Waals surface area contributed by atoms with Crippen molar-refractivity contribution in [1.29, 1.82) is 0 Å². The largest absolute Gasteiger partial charge is 0.399 e. The molecule has 0 aliphatic carbocycles. The van der Waals surface area contributed by atoms with Crippen LogP contribution >= 0.6 is 0 Å². The highest BCUT2D eigenvalue weighted by Gasteiger charge is 1.93. The molecule has 1 aromatic heterocycles. The minimum atomic E-state index is 0.749. The zero-order valence-electron chi connectivity index (χ0n) is 8.38. The molecule has 2 aromatic rings. The highest BCUT2D eigenvalue weighted by Crippen LogP contribution is 2.08. The molecule has 0 bridgehead atoms. The molecule has 14 heavy (non-hydrogen) atoms. The number of nitrogens with zero attached hydrogens (tertiary/aromatic N) is 3. The van der Waals surface area contributed by atoms with Gasteiger partial charge in [0.25, 0.3) is 0 Å². The molecule has 2 rings (SSSR count). The van der Waals surface area contributed by atoms with E-state index in [0.29, 0.717) is 0 Å². The van der Waals surface area contributed by atoms with E-state index < -0.39 is 0 Å². The standard InChI is InChI=1S/C8H8N4.C2H6/c9-7-1-3-8(4-2-7)12-6-10-5-11-12;1-2/h1-6H,9H2;1-2H3. The molecule has 0 fully saturated rings. The Labute approximate surface area is 83.4 Å². The van der Waals surface area contributed by atoms with Crippen LogP contribution in [0.3, 0.4) is 0 Å². The zero-order chi connectivity index (χ0) is 10.4.